The third-order valence-corrected chi connectivity index (χ3v) is 4.61. The standard InChI is InChI=1S/C19H23N5O3/c1-20-19(21-14-15-6-8-16(9-7-15)24(26)27)23-12-10-22(11-13-23)17-4-2-3-5-18(17)25/h2-9,25H,10-14H2,1H3,(H,20,21). The number of nitrogens with one attached hydrogen (secondary N) is 1. The molecule has 2 aromatic rings. The summed E-state index contributed by atoms with van der Waals surface area (Å²) in [7, 11) is 1.74. The van der Waals surface area contributed by atoms with E-state index in [0.29, 0.717) is 12.3 Å². The highest BCUT2D eigenvalue weighted by molar-refractivity contribution is 5.80. The Kier molecular flexibility index (Phi) is 5.75. The molecular weight excluding hydrogens is 346 g/mol. The first-order valence-electron chi connectivity index (χ1n) is 8.80. The van der Waals surface area contributed by atoms with E-state index >= 15 is 0 Å². The number of aromatic hydroxyl groups is 1. The predicted molar refractivity (Wildman–Crippen MR) is 105 cm³/mol. The number of piperazine rings is 1. The zero-order valence-corrected chi connectivity index (χ0v) is 15.2. The van der Waals surface area contributed by atoms with Gasteiger partial charge in [0, 0.05) is 51.9 Å². The minimum Gasteiger partial charge on any atom is -0.506 e. The van der Waals surface area contributed by atoms with Crippen LogP contribution in [0.1, 0.15) is 5.56 Å². The summed E-state index contributed by atoms with van der Waals surface area (Å²) in [6.45, 7) is 3.69. The first kappa shape index (κ1) is 18.5. The van der Waals surface area contributed by atoms with Crippen LogP contribution in [-0.4, -0.2) is 54.1 Å². The SMILES string of the molecule is CN=C(NCc1ccc([N+](=O)[O-])cc1)N1CCN(c2ccccc2O)CC1. The first-order chi connectivity index (χ1) is 13.1. The summed E-state index contributed by atoms with van der Waals surface area (Å²) in [6, 6.07) is 13.9. The number of non-ortho nitro benzene ring substituents is 1. The van der Waals surface area contributed by atoms with E-state index in [1.165, 1.54) is 12.1 Å². The Balaban J connectivity index is 1.55. The number of anilines is 1. The minimum atomic E-state index is -0.403. The summed E-state index contributed by atoms with van der Waals surface area (Å²) in [5.41, 5.74) is 1.89. The quantitative estimate of drug-likeness (QED) is 0.371. The topological polar surface area (TPSA) is 94.2 Å². The molecule has 2 N–H and O–H groups in total. The number of nitrogens with zero attached hydrogens (tertiary/aromatic N) is 4. The highest BCUT2D eigenvalue weighted by Gasteiger charge is 2.21. The van der Waals surface area contributed by atoms with E-state index in [9.17, 15) is 15.2 Å². The van der Waals surface area contributed by atoms with Gasteiger partial charge in [0.25, 0.3) is 5.69 Å². The first-order valence-corrected chi connectivity index (χ1v) is 8.80. The van der Waals surface area contributed by atoms with E-state index < -0.39 is 4.92 Å². The molecule has 0 atom stereocenters. The van der Waals surface area contributed by atoms with Crippen molar-refractivity contribution >= 4 is 17.3 Å². The second-order valence-electron chi connectivity index (χ2n) is 6.29. The maximum absolute atomic E-state index is 10.7. The van der Waals surface area contributed by atoms with Crippen LogP contribution in [0.5, 0.6) is 5.75 Å². The molecule has 0 spiro atoms. The van der Waals surface area contributed by atoms with E-state index in [-0.39, 0.29) is 5.69 Å². The Bertz CT molecular complexity index is 814. The summed E-state index contributed by atoms with van der Waals surface area (Å²) in [6.07, 6.45) is 0. The van der Waals surface area contributed by atoms with Gasteiger partial charge < -0.3 is 20.2 Å². The van der Waals surface area contributed by atoms with Crippen LogP contribution in [0.2, 0.25) is 0 Å². The van der Waals surface area contributed by atoms with Crippen molar-refractivity contribution in [2.75, 3.05) is 38.1 Å². The Morgan fingerprint density at radius 2 is 1.81 bits per heavy atom. The van der Waals surface area contributed by atoms with Crippen molar-refractivity contribution in [1.82, 2.24) is 10.2 Å². The molecule has 0 saturated carbocycles. The number of guanidine groups is 1. The second kappa shape index (κ2) is 8.39. The molecule has 0 radical (unpaired) electrons. The second-order valence-corrected chi connectivity index (χ2v) is 6.29. The molecule has 1 aliphatic heterocycles. The Hall–Kier alpha value is -3.29. The number of para-hydroxylation sites is 2. The largest absolute Gasteiger partial charge is 0.506 e. The van der Waals surface area contributed by atoms with Crippen LogP contribution < -0.4 is 10.2 Å². The molecule has 8 heteroatoms. The lowest BCUT2D eigenvalue weighted by Gasteiger charge is -2.37. The van der Waals surface area contributed by atoms with Crippen LogP contribution >= 0.6 is 0 Å². The van der Waals surface area contributed by atoms with Gasteiger partial charge >= 0.3 is 0 Å². The highest BCUT2D eigenvalue weighted by atomic mass is 16.6. The molecule has 8 nitrogen and oxygen atoms in total. The molecule has 0 aliphatic carbocycles. The van der Waals surface area contributed by atoms with Crippen LogP contribution in [0.15, 0.2) is 53.5 Å². The molecule has 1 heterocycles. The third kappa shape index (κ3) is 4.46. The molecule has 0 amide bonds. The fourth-order valence-corrected chi connectivity index (χ4v) is 3.14. The lowest BCUT2D eigenvalue weighted by molar-refractivity contribution is -0.384. The third-order valence-electron chi connectivity index (χ3n) is 4.61. The minimum absolute atomic E-state index is 0.0865. The van der Waals surface area contributed by atoms with Crippen molar-refractivity contribution in [3.63, 3.8) is 0 Å². The van der Waals surface area contributed by atoms with Gasteiger partial charge in [0.15, 0.2) is 5.96 Å². The van der Waals surface area contributed by atoms with Gasteiger partial charge in [-0.3, -0.25) is 15.1 Å². The van der Waals surface area contributed by atoms with E-state index in [1.807, 2.05) is 18.2 Å². The maximum Gasteiger partial charge on any atom is 0.269 e. The van der Waals surface area contributed by atoms with E-state index in [4.69, 9.17) is 0 Å². The number of benzene rings is 2. The van der Waals surface area contributed by atoms with Crippen molar-refractivity contribution < 1.29 is 10.0 Å². The number of rotatable bonds is 4. The Morgan fingerprint density at radius 3 is 2.41 bits per heavy atom. The lowest BCUT2D eigenvalue weighted by Crippen LogP contribution is -2.52. The van der Waals surface area contributed by atoms with Gasteiger partial charge in [-0.2, -0.15) is 0 Å². The zero-order valence-electron chi connectivity index (χ0n) is 15.2. The summed E-state index contributed by atoms with van der Waals surface area (Å²) in [5.74, 6) is 1.09. The van der Waals surface area contributed by atoms with Gasteiger partial charge in [-0.15, -0.1) is 0 Å². The molecule has 3 rings (SSSR count). The fourth-order valence-electron chi connectivity index (χ4n) is 3.14. The molecule has 27 heavy (non-hydrogen) atoms. The van der Waals surface area contributed by atoms with Crippen LogP contribution in [-0.2, 0) is 6.54 Å². The van der Waals surface area contributed by atoms with Crippen molar-refractivity contribution in [2.45, 2.75) is 6.54 Å². The number of phenolic OH excluding ortho intramolecular Hbond substituents is 1. The predicted octanol–water partition coefficient (Wildman–Crippen LogP) is 2.20. The molecule has 1 saturated heterocycles. The lowest BCUT2D eigenvalue weighted by atomic mass is 10.2. The molecular formula is C19H23N5O3. The Morgan fingerprint density at radius 1 is 1.15 bits per heavy atom. The van der Waals surface area contributed by atoms with Crippen LogP contribution in [0.4, 0.5) is 11.4 Å². The van der Waals surface area contributed by atoms with Crippen molar-refractivity contribution in [1.29, 1.82) is 0 Å². The monoisotopic (exact) mass is 369 g/mol. The van der Waals surface area contributed by atoms with E-state index in [2.05, 4.69) is 20.1 Å². The van der Waals surface area contributed by atoms with Crippen LogP contribution in [0.3, 0.4) is 0 Å². The van der Waals surface area contributed by atoms with E-state index in [0.717, 1.165) is 43.4 Å². The molecule has 0 bridgehead atoms. The zero-order chi connectivity index (χ0) is 19.2. The number of nitro benzene ring substituents is 1. The van der Waals surface area contributed by atoms with Gasteiger partial charge in [-0.05, 0) is 17.7 Å². The number of hydrogen-bond donors (Lipinski definition) is 2. The average molecular weight is 369 g/mol. The van der Waals surface area contributed by atoms with Crippen molar-refractivity contribution in [3.05, 3.63) is 64.2 Å². The normalized spacial score (nSPS) is 14.9. The summed E-state index contributed by atoms with van der Waals surface area (Å²) in [4.78, 5) is 19.0. The molecule has 142 valence electrons. The van der Waals surface area contributed by atoms with Gasteiger partial charge in [0.2, 0.25) is 0 Å². The van der Waals surface area contributed by atoms with Gasteiger partial charge in [-0.1, -0.05) is 24.3 Å². The van der Waals surface area contributed by atoms with Gasteiger partial charge in [0.1, 0.15) is 5.75 Å². The number of aliphatic imine (C=N–C) groups is 1. The summed E-state index contributed by atoms with van der Waals surface area (Å²) >= 11 is 0. The number of hydrogen-bond acceptors (Lipinski definition) is 5. The van der Waals surface area contributed by atoms with Gasteiger partial charge in [-0.25, -0.2) is 0 Å². The Labute approximate surface area is 157 Å². The summed E-state index contributed by atoms with van der Waals surface area (Å²) in [5, 5.41) is 24.0. The highest BCUT2D eigenvalue weighted by Crippen LogP contribution is 2.27. The molecule has 1 fully saturated rings. The average Bonchev–Trinajstić information content (AvgIpc) is 2.70. The smallest absolute Gasteiger partial charge is 0.269 e. The number of nitro groups is 1. The molecule has 1 aliphatic rings. The molecule has 2 aromatic carbocycles. The van der Waals surface area contributed by atoms with Crippen molar-refractivity contribution in [3.8, 4) is 5.75 Å². The summed E-state index contributed by atoms with van der Waals surface area (Å²) < 4.78 is 0. The number of phenols is 1. The van der Waals surface area contributed by atoms with Crippen LogP contribution in [0, 0.1) is 10.1 Å². The fraction of sp³-hybridized carbons (Fsp3) is 0.316. The van der Waals surface area contributed by atoms with E-state index in [1.54, 1.807) is 25.2 Å². The van der Waals surface area contributed by atoms with Crippen LogP contribution in [0.25, 0.3) is 0 Å². The van der Waals surface area contributed by atoms with Gasteiger partial charge in [0.05, 0.1) is 10.6 Å². The molecule has 0 aromatic heterocycles. The molecule has 0 unspecified atom stereocenters. The van der Waals surface area contributed by atoms with Crippen molar-refractivity contribution in [2.24, 2.45) is 4.99 Å². The maximum atomic E-state index is 10.7.